The first kappa shape index (κ1) is 15.7. The predicted molar refractivity (Wildman–Crippen MR) is 79.4 cm³/mol. The summed E-state index contributed by atoms with van der Waals surface area (Å²) in [4.78, 5) is 20.0. The van der Waals surface area contributed by atoms with Gasteiger partial charge in [-0.1, -0.05) is 12.8 Å². The van der Waals surface area contributed by atoms with Crippen LogP contribution in [-0.4, -0.2) is 41.8 Å². The van der Waals surface area contributed by atoms with Gasteiger partial charge in [-0.3, -0.25) is 0 Å². The number of carbonyl (C=O) groups is 1. The summed E-state index contributed by atoms with van der Waals surface area (Å²) >= 11 is 0. The van der Waals surface area contributed by atoms with Gasteiger partial charge in [-0.15, -0.1) is 0 Å². The Bertz CT molecular complexity index is 473. The van der Waals surface area contributed by atoms with Gasteiger partial charge in [-0.2, -0.15) is 0 Å². The third-order valence-corrected chi connectivity index (χ3v) is 3.52. The lowest BCUT2D eigenvalue weighted by atomic mass is 10.2. The normalized spacial score (nSPS) is 15.1. The standard InChI is InChI=1S/C15H23N3O3/c1-3-20-14(19)13-10-17-15(18-11(13)2)16-8-9-21-12-6-4-5-7-12/h10,12H,3-9H2,1-2H3,(H,16,17,18). The molecule has 1 aromatic heterocycles. The lowest BCUT2D eigenvalue weighted by Crippen LogP contribution is -2.17. The first-order valence-electron chi connectivity index (χ1n) is 7.57. The molecule has 1 aliphatic rings. The molecule has 1 saturated carbocycles. The van der Waals surface area contributed by atoms with Gasteiger partial charge in [0.25, 0.3) is 0 Å². The maximum atomic E-state index is 11.6. The molecule has 1 aromatic rings. The van der Waals surface area contributed by atoms with Crippen LogP contribution in [0.5, 0.6) is 0 Å². The minimum Gasteiger partial charge on any atom is -0.462 e. The number of aryl methyl sites for hydroxylation is 1. The zero-order valence-electron chi connectivity index (χ0n) is 12.7. The fraction of sp³-hybridized carbons (Fsp3) is 0.667. The predicted octanol–water partition coefficient (Wildman–Crippen LogP) is 2.33. The van der Waals surface area contributed by atoms with Crippen LogP contribution in [0, 0.1) is 6.92 Å². The van der Waals surface area contributed by atoms with Crippen molar-refractivity contribution in [1.29, 1.82) is 0 Å². The van der Waals surface area contributed by atoms with E-state index in [0.717, 1.165) is 0 Å². The van der Waals surface area contributed by atoms with E-state index in [4.69, 9.17) is 9.47 Å². The number of anilines is 1. The van der Waals surface area contributed by atoms with E-state index in [1.165, 1.54) is 31.9 Å². The smallest absolute Gasteiger partial charge is 0.341 e. The van der Waals surface area contributed by atoms with E-state index in [1.807, 2.05) is 0 Å². The number of hydrogen-bond acceptors (Lipinski definition) is 6. The molecule has 6 nitrogen and oxygen atoms in total. The van der Waals surface area contributed by atoms with Crippen molar-refractivity contribution in [3.63, 3.8) is 0 Å². The van der Waals surface area contributed by atoms with Gasteiger partial charge in [0.1, 0.15) is 0 Å². The van der Waals surface area contributed by atoms with Gasteiger partial charge in [-0.25, -0.2) is 14.8 Å². The fourth-order valence-electron chi connectivity index (χ4n) is 2.40. The van der Waals surface area contributed by atoms with E-state index in [9.17, 15) is 4.79 Å². The molecule has 0 bridgehead atoms. The first-order valence-corrected chi connectivity index (χ1v) is 7.57. The monoisotopic (exact) mass is 293 g/mol. The molecule has 0 aromatic carbocycles. The second-order valence-electron chi connectivity index (χ2n) is 5.12. The minimum atomic E-state index is -0.383. The van der Waals surface area contributed by atoms with Gasteiger partial charge >= 0.3 is 5.97 Å². The van der Waals surface area contributed by atoms with E-state index >= 15 is 0 Å². The number of aromatic nitrogens is 2. The highest BCUT2D eigenvalue weighted by Gasteiger charge is 2.15. The summed E-state index contributed by atoms with van der Waals surface area (Å²) < 4.78 is 10.7. The van der Waals surface area contributed by atoms with Crippen LogP contribution in [0.1, 0.15) is 48.7 Å². The summed E-state index contributed by atoms with van der Waals surface area (Å²) in [6.45, 7) is 5.20. The third kappa shape index (κ3) is 4.67. The SMILES string of the molecule is CCOC(=O)c1cnc(NCCOC2CCCC2)nc1C. The Kier molecular flexibility index (Phi) is 5.92. The Morgan fingerprint density at radius 1 is 1.43 bits per heavy atom. The van der Waals surface area contributed by atoms with Gasteiger partial charge in [0.2, 0.25) is 5.95 Å². The minimum absolute atomic E-state index is 0.344. The Hall–Kier alpha value is -1.69. The number of carbonyl (C=O) groups excluding carboxylic acids is 1. The maximum Gasteiger partial charge on any atom is 0.341 e. The molecule has 1 aliphatic carbocycles. The first-order chi connectivity index (χ1) is 10.2. The van der Waals surface area contributed by atoms with E-state index in [0.29, 0.717) is 43.1 Å². The summed E-state index contributed by atoms with van der Waals surface area (Å²) in [6, 6.07) is 0. The summed E-state index contributed by atoms with van der Waals surface area (Å²) in [5, 5.41) is 3.11. The largest absolute Gasteiger partial charge is 0.462 e. The Balaban J connectivity index is 1.78. The second kappa shape index (κ2) is 7.93. The van der Waals surface area contributed by atoms with E-state index in [-0.39, 0.29) is 5.97 Å². The molecule has 6 heteroatoms. The van der Waals surface area contributed by atoms with Crippen molar-refractivity contribution in [3.8, 4) is 0 Å². The Morgan fingerprint density at radius 2 is 2.19 bits per heavy atom. The molecule has 0 radical (unpaired) electrons. The molecule has 0 amide bonds. The highest BCUT2D eigenvalue weighted by atomic mass is 16.5. The molecule has 1 heterocycles. The number of rotatable bonds is 7. The summed E-state index contributed by atoms with van der Waals surface area (Å²) in [5.74, 6) is 0.127. The quantitative estimate of drug-likeness (QED) is 0.614. The van der Waals surface area contributed by atoms with Crippen LogP contribution in [0.4, 0.5) is 5.95 Å². The summed E-state index contributed by atoms with van der Waals surface area (Å²) in [7, 11) is 0. The fourth-order valence-corrected chi connectivity index (χ4v) is 2.40. The zero-order chi connectivity index (χ0) is 15.1. The van der Waals surface area contributed by atoms with Crippen molar-refractivity contribution in [1.82, 2.24) is 9.97 Å². The molecule has 1 fully saturated rings. The van der Waals surface area contributed by atoms with E-state index in [2.05, 4.69) is 15.3 Å². The van der Waals surface area contributed by atoms with Crippen LogP contribution in [0.3, 0.4) is 0 Å². The molecular formula is C15H23N3O3. The molecule has 0 aliphatic heterocycles. The zero-order valence-corrected chi connectivity index (χ0v) is 12.7. The topological polar surface area (TPSA) is 73.3 Å². The average molecular weight is 293 g/mol. The molecule has 0 atom stereocenters. The van der Waals surface area contributed by atoms with Gasteiger partial charge in [-0.05, 0) is 26.7 Å². The van der Waals surface area contributed by atoms with Crippen molar-refractivity contribution in [2.24, 2.45) is 0 Å². The molecule has 116 valence electrons. The number of hydrogen-bond donors (Lipinski definition) is 1. The lowest BCUT2D eigenvalue weighted by Gasteiger charge is -2.12. The van der Waals surface area contributed by atoms with Crippen LogP contribution in [0.2, 0.25) is 0 Å². The summed E-state index contributed by atoms with van der Waals surface area (Å²) in [6.07, 6.45) is 6.81. The van der Waals surface area contributed by atoms with E-state index < -0.39 is 0 Å². The van der Waals surface area contributed by atoms with E-state index in [1.54, 1.807) is 13.8 Å². The van der Waals surface area contributed by atoms with Crippen molar-refractivity contribution >= 4 is 11.9 Å². The molecule has 2 rings (SSSR count). The van der Waals surface area contributed by atoms with Crippen LogP contribution < -0.4 is 5.32 Å². The van der Waals surface area contributed by atoms with Crippen molar-refractivity contribution < 1.29 is 14.3 Å². The van der Waals surface area contributed by atoms with Gasteiger partial charge < -0.3 is 14.8 Å². The average Bonchev–Trinajstić information content (AvgIpc) is 2.97. The molecule has 21 heavy (non-hydrogen) atoms. The molecule has 0 unspecified atom stereocenters. The molecular weight excluding hydrogens is 270 g/mol. The van der Waals surface area contributed by atoms with Crippen molar-refractivity contribution in [3.05, 3.63) is 17.5 Å². The highest BCUT2D eigenvalue weighted by molar-refractivity contribution is 5.90. The summed E-state index contributed by atoms with van der Waals surface area (Å²) in [5.41, 5.74) is 1.02. The van der Waals surface area contributed by atoms with Crippen LogP contribution in [0.15, 0.2) is 6.20 Å². The van der Waals surface area contributed by atoms with Crippen LogP contribution >= 0.6 is 0 Å². The highest BCUT2D eigenvalue weighted by Crippen LogP contribution is 2.20. The van der Waals surface area contributed by atoms with Crippen LogP contribution in [-0.2, 0) is 9.47 Å². The maximum absolute atomic E-state index is 11.6. The number of ether oxygens (including phenoxy) is 2. The Morgan fingerprint density at radius 3 is 2.86 bits per heavy atom. The number of nitrogens with zero attached hydrogens (tertiary/aromatic N) is 2. The number of esters is 1. The van der Waals surface area contributed by atoms with Gasteiger partial charge in [0, 0.05) is 12.7 Å². The number of nitrogens with one attached hydrogen (secondary N) is 1. The van der Waals surface area contributed by atoms with Crippen LogP contribution in [0.25, 0.3) is 0 Å². The third-order valence-electron chi connectivity index (χ3n) is 3.52. The molecule has 0 spiro atoms. The lowest BCUT2D eigenvalue weighted by molar-refractivity contribution is 0.0524. The van der Waals surface area contributed by atoms with Gasteiger partial charge in [0.05, 0.1) is 30.6 Å². The van der Waals surface area contributed by atoms with Crippen molar-refractivity contribution in [2.45, 2.75) is 45.6 Å². The van der Waals surface area contributed by atoms with Gasteiger partial charge in [0.15, 0.2) is 0 Å². The Labute approximate surface area is 125 Å². The second-order valence-corrected chi connectivity index (χ2v) is 5.12. The molecule has 1 N–H and O–H groups in total. The molecule has 0 saturated heterocycles. The van der Waals surface area contributed by atoms with Crippen molar-refractivity contribution in [2.75, 3.05) is 25.1 Å².